The van der Waals surface area contributed by atoms with E-state index in [4.69, 9.17) is 23.4 Å². The molecule has 0 amide bonds. The van der Waals surface area contributed by atoms with Crippen LogP contribution in [0.1, 0.15) is 47.0 Å². The van der Waals surface area contributed by atoms with E-state index >= 15 is 0 Å². The third kappa shape index (κ3) is 4.94. The van der Waals surface area contributed by atoms with E-state index in [-0.39, 0.29) is 42.5 Å². The van der Waals surface area contributed by atoms with Crippen LogP contribution in [-0.4, -0.2) is 76.9 Å². The van der Waals surface area contributed by atoms with Gasteiger partial charge in [-0.3, -0.25) is 0 Å². The highest BCUT2D eigenvalue weighted by molar-refractivity contribution is 6.99. The highest BCUT2D eigenvalue weighted by atomic mass is 28.4. The fourth-order valence-electron chi connectivity index (χ4n) is 8.79. The molecule has 8 heteroatoms. The second-order valence-corrected chi connectivity index (χ2v) is 17.8. The van der Waals surface area contributed by atoms with Crippen molar-refractivity contribution in [1.29, 1.82) is 0 Å². The van der Waals surface area contributed by atoms with Gasteiger partial charge in [-0.1, -0.05) is 88.4 Å². The smallest absolute Gasteiger partial charge is 0.261 e. The summed E-state index contributed by atoms with van der Waals surface area (Å²) in [5.41, 5.74) is -1.37. The number of benzene rings is 2. The molecule has 2 aromatic carbocycles. The van der Waals surface area contributed by atoms with Gasteiger partial charge in [0.25, 0.3) is 8.32 Å². The van der Waals surface area contributed by atoms with Crippen LogP contribution in [0.3, 0.4) is 0 Å². The van der Waals surface area contributed by atoms with Crippen LogP contribution in [0.25, 0.3) is 0 Å². The molecule has 2 bridgehead atoms. The predicted octanol–water partition coefficient (Wildman–Crippen LogP) is 3.70. The van der Waals surface area contributed by atoms with E-state index in [1.165, 1.54) is 10.4 Å². The van der Waals surface area contributed by atoms with Gasteiger partial charge in [0.15, 0.2) is 0 Å². The van der Waals surface area contributed by atoms with Crippen LogP contribution in [0.2, 0.25) is 5.04 Å². The molecule has 4 fully saturated rings. The van der Waals surface area contributed by atoms with Crippen molar-refractivity contribution in [3.05, 3.63) is 60.7 Å². The van der Waals surface area contributed by atoms with Crippen LogP contribution < -0.4 is 10.4 Å². The molecule has 0 spiro atoms. The molecule has 0 radical (unpaired) electrons. The SMILES string of the molecule is COCO[C@H]1C[C@@]2(OCOC)C[C@@H](CO[Si](c3ccccc3)(c3ccccc3)C(C)(C)C)[C@@H]1[C@@H]1C[C@H](O)[C@@H](O)[C@]12C. The summed E-state index contributed by atoms with van der Waals surface area (Å²) in [6, 6.07) is 21.4. The van der Waals surface area contributed by atoms with E-state index in [1.807, 2.05) is 0 Å². The zero-order chi connectivity index (χ0) is 29.5. The molecular formula is C33H48O7Si. The van der Waals surface area contributed by atoms with Crippen molar-refractivity contribution in [1.82, 2.24) is 0 Å². The minimum Gasteiger partial charge on any atom is -0.407 e. The second-order valence-electron chi connectivity index (χ2n) is 13.5. The fraction of sp³-hybridized carbons (Fsp3) is 0.636. The van der Waals surface area contributed by atoms with E-state index < -0.39 is 31.5 Å². The molecule has 2 N–H and O–H groups in total. The first-order chi connectivity index (χ1) is 19.6. The van der Waals surface area contributed by atoms with Crippen LogP contribution in [0.4, 0.5) is 0 Å². The van der Waals surface area contributed by atoms with Gasteiger partial charge in [-0.05, 0) is 46.0 Å². The molecular weight excluding hydrogens is 536 g/mol. The highest BCUT2D eigenvalue weighted by Crippen LogP contribution is 2.68. The van der Waals surface area contributed by atoms with E-state index in [9.17, 15) is 10.2 Å². The fourth-order valence-corrected chi connectivity index (χ4v) is 13.4. The van der Waals surface area contributed by atoms with Gasteiger partial charge in [-0.2, -0.15) is 0 Å². The lowest BCUT2D eigenvalue weighted by Crippen LogP contribution is -2.71. The summed E-state index contributed by atoms with van der Waals surface area (Å²) >= 11 is 0. The molecule has 6 rings (SSSR count). The maximum atomic E-state index is 11.4. The first kappa shape index (κ1) is 30.8. The summed E-state index contributed by atoms with van der Waals surface area (Å²) in [7, 11) is 0.485. The molecule has 2 aromatic rings. The van der Waals surface area contributed by atoms with E-state index in [0.29, 0.717) is 25.9 Å². The molecule has 0 aliphatic heterocycles. The van der Waals surface area contributed by atoms with Crippen molar-refractivity contribution >= 4 is 18.7 Å². The summed E-state index contributed by atoms with van der Waals surface area (Å²) < 4.78 is 31.1. The molecule has 0 heterocycles. The minimum atomic E-state index is -2.77. The Morgan fingerprint density at radius 3 is 2.00 bits per heavy atom. The monoisotopic (exact) mass is 584 g/mol. The Hall–Kier alpha value is -1.62. The van der Waals surface area contributed by atoms with Crippen LogP contribution in [-0.2, 0) is 23.4 Å². The Labute approximate surface area is 246 Å². The van der Waals surface area contributed by atoms with Gasteiger partial charge in [-0.25, -0.2) is 0 Å². The molecule has 0 unspecified atom stereocenters. The topological polar surface area (TPSA) is 86.6 Å². The maximum absolute atomic E-state index is 11.4. The molecule has 7 nitrogen and oxygen atoms in total. The van der Waals surface area contributed by atoms with Gasteiger partial charge in [0.1, 0.15) is 13.6 Å². The van der Waals surface area contributed by atoms with Crippen LogP contribution >= 0.6 is 0 Å². The van der Waals surface area contributed by atoms with Crippen molar-refractivity contribution in [3.63, 3.8) is 0 Å². The van der Waals surface area contributed by atoms with Crippen LogP contribution in [0.15, 0.2) is 60.7 Å². The largest absolute Gasteiger partial charge is 0.407 e. The van der Waals surface area contributed by atoms with Crippen molar-refractivity contribution in [2.45, 2.75) is 75.9 Å². The van der Waals surface area contributed by atoms with E-state index in [0.717, 1.165) is 0 Å². The lowest BCUT2D eigenvalue weighted by Gasteiger charge is -2.65. The van der Waals surface area contributed by atoms with Gasteiger partial charge in [0.05, 0.1) is 23.9 Å². The zero-order valence-corrected chi connectivity index (χ0v) is 26.4. The molecule has 226 valence electrons. The Bertz CT molecular complexity index is 1100. The van der Waals surface area contributed by atoms with Crippen molar-refractivity contribution < 1.29 is 33.6 Å². The normalized spacial score (nSPS) is 35.0. The molecule has 41 heavy (non-hydrogen) atoms. The van der Waals surface area contributed by atoms with Crippen molar-refractivity contribution in [3.8, 4) is 0 Å². The number of ether oxygens (including phenoxy) is 4. The number of methoxy groups -OCH3 is 2. The zero-order valence-electron chi connectivity index (χ0n) is 25.4. The summed E-state index contributed by atoms with van der Waals surface area (Å²) in [6.07, 6.45) is -0.0314. The van der Waals surface area contributed by atoms with Crippen LogP contribution in [0, 0.1) is 23.2 Å². The number of hydrogen-bond acceptors (Lipinski definition) is 7. The molecule has 0 saturated heterocycles. The molecule has 4 aliphatic carbocycles. The first-order valence-electron chi connectivity index (χ1n) is 14.9. The van der Waals surface area contributed by atoms with E-state index in [1.54, 1.807) is 14.2 Å². The average molecular weight is 585 g/mol. The van der Waals surface area contributed by atoms with E-state index in [2.05, 4.69) is 88.4 Å². The van der Waals surface area contributed by atoms with Gasteiger partial charge < -0.3 is 33.6 Å². The number of rotatable bonds is 11. The number of aliphatic hydroxyl groups excluding tert-OH is 2. The summed E-state index contributed by atoms with van der Waals surface area (Å²) in [5.74, 6) is 0.175. The maximum Gasteiger partial charge on any atom is 0.261 e. The van der Waals surface area contributed by atoms with Gasteiger partial charge >= 0.3 is 0 Å². The molecule has 0 aromatic heterocycles. The Kier molecular flexibility index (Phi) is 8.88. The van der Waals surface area contributed by atoms with Crippen LogP contribution in [0.5, 0.6) is 0 Å². The second kappa shape index (κ2) is 11.8. The summed E-state index contributed by atoms with van der Waals surface area (Å²) in [5, 5.41) is 24.7. The number of aliphatic hydroxyl groups is 2. The minimum absolute atomic E-state index is 0.00136. The van der Waals surface area contributed by atoms with Gasteiger partial charge in [0.2, 0.25) is 0 Å². The quantitative estimate of drug-likeness (QED) is 0.308. The highest BCUT2D eigenvalue weighted by Gasteiger charge is 2.73. The van der Waals surface area contributed by atoms with Crippen molar-refractivity contribution in [2.75, 3.05) is 34.4 Å². The summed E-state index contributed by atoms with van der Waals surface area (Å²) in [4.78, 5) is 0. The van der Waals surface area contributed by atoms with Gasteiger partial charge in [-0.15, -0.1) is 0 Å². The summed E-state index contributed by atoms with van der Waals surface area (Å²) in [6.45, 7) is 9.78. The Morgan fingerprint density at radius 1 is 0.878 bits per heavy atom. The third-order valence-corrected chi connectivity index (χ3v) is 15.6. The number of fused-ring (bicyclic) bond motifs is 2. The Morgan fingerprint density at radius 2 is 1.46 bits per heavy atom. The van der Waals surface area contributed by atoms with Crippen molar-refractivity contribution in [2.24, 2.45) is 23.2 Å². The molecule has 8 atom stereocenters. The lowest BCUT2D eigenvalue weighted by molar-refractivity contribution is -0.311. The van der Waals surface area contributed by atoms with Gasteiger partial charge in [0, 0.05) is 32.7 Å². The number of hydrogen-bond donors (Lipinski definition) is 2. The first-order valence-corrected chi connectivity index (χ1v) is 16.8. The third-order valence-electron chi connectivity index (χ3n) is 10.6. The lowest BCUT2D eigenvalue weighted by atomic mass is 9.45. The standard InChI is InChI=1S/C33H48O7Si/c1-31(2,3)41(24-13-9-7-10-14-24,25-15-11-8-12-16-25)40-20-23-18-33(39-22-37-6)19-28(38-21-36-5)29(23)26-17-27(34)30(35)32(26,33)4/h7-16,23,26-30,34-35H,17-22H2,1-6H3/t23-,26-,27-,28-,29+,30+,32-,33-/m0/s1. The molecule has 4 saturated carbocycles. The Balaban J connectivity index is 1.57. The average Bonchev–Trinajstić information content (AvgIpc) is 3.21. The molecule has 4 aliphatic rings. The predicted molar refractivity (Wildman–Crippen MR) is 160 cm³/mol.